The first-order valence-corrected chi connectivity index (χ1v) is 7.46. The molecule has 0 aliphatic carbocycles. The molecule has 3 N–H and O–H groups in total. The predicted octanol–water partition coefficient (Wildman–Crippen LogP) is 3.24. The average Bonchev–Trinajstić information content (AvgIpc) is 2.43. The maximum atomic E-state index is 11.9. The second-order valence-corrected chi connectivity index (χ2v) is 5.19. The largest absolute Gasteiger partial charge is 0.489 e. The van der Waals surface area contributed by atoms with E-state index in [4.69, 9.17) is 26.8 Å². The molecule has 1 aromatic rings. The van der Waals surface area contributed by atoms with Crippen LogP contribution in [0.1, 0.15) is 26.7 Å². The number of halogens is 2. The summed E-state index contributed by atoms with van der Waals surface area (Å²) in [5.74, 6) is 0.470. The Bertz CT molecular complexity index is 456. The van der Waals surface area contributed by atoms with Crippen LogP contribution in [0.2, 0.25) is 5.02 Å². The number of carbonyl (C=O) groups is 1. The Labute approximate surface area is 142 Å². The minimum absolute atomic E-state index is 0. The summed E-state index contributed by atoms with van der Waals surface area (Å²) in [7, 11) is 0. The Kier molecular flexibility index (Phi) is 11.0. The number of rotatable bonds is 9. The van der Waals surface area contributed by atoms with E-state index in [0.29, 0.717) is 49.1 Å². The molecule has 0 aliphatic heterocycles. The molecule has 126 valence electrons. The third kappa shape index (κ3) is 8.44. The highest BCUT2D eigenvalue weighted by atomic mass is 35.5. The van der Waals surface area contributed by atoms with E-state index in [1.807, 2.05) is 13.8 Å². The highest BCUT2D eigenvalue weighted by molar-refractivity contribution is 6.31. The number of hydrogen-bond acceptors (Lipinski definition) is 4. The van der Waals surface area contributed by atoms with Crippen LogP contribution in [0, 0.1) is 0 Å². The molecule has 0 saturated carbocycles. The summed E-state index contributed by atoms with van der Waals surface area (Å²) >= 11 is 5.96. The number of ether oxygens (including phenoxy) is 2. The molecule has 0 radical (unpaired) electrons. The fourth-order valence-corrected chi connectivity index (χ4v) is 1.82. The van der Waals surface area contributed by atoms with Gasteiger partial charge in [-0.3, -0.25) is 4.79 Å². The van der Waals surface area contributed by atoms with E-state index < -0.39 is 0 Å². The average molecular weight is 351 g/mol. The third-order valence-electron chi connectivity index (χ3n) is 2.73. The highest BCUT2D eigenvalue weighted by Gasteiger charge is 2.10. The zero-order chi connectivity index (χ0) is 15.7. The molecule has 0 fully saturated rings. The number of anilines is 1. The van der Waals surface area contributed by atoms with Crippen molar-refractivity contribution in [2.75, 3.05) is 25.1 Å². The van der Waals surface area contributed by atoms with Crippen molar-refractivity contribution < 1.29 is 14.3 Å². The van der Waals surface area contributed by atoms with Gasteiger partial charge in [-0.1, -0.05) is 11.6 Å². The standard InChI is InChI=1S/C15H23ClN2O3.ClH/c1-3-20-8-9-21-14-6-5-12(16)10-13(14)18-15(19)7-4-11(2)17;/h5-6,10-11H,3-4,7-9,17H2,1-2H3,(H,18,19);1H. The summed E-state index contributed by atoms with van der Waals surface area (Å²) in [6, 6.07) is 5.11. The van der Waals surface area contributed by atoms with E-state index in [1.54, 1.807) is 18.2 Å². The molecule has 5 nitrogen and oxygen atoms in total. The fraction of sp³-hybridized carbons (Fsp3) is 0.533. The molecule has 1 rings (SSSR count). The van der Waals surface area contributed by atoms with Crippen molar-refractivity contribution in [2.24, 2.45) is 5.73 Å². The van der Waals surface area contributed by atoms with Gasteiger partial charge in [-0.25, -0.2) is 0 Å². The van der Waals surface area contributed by atoms with Gasteiger partial charge in [0.1, 0.15) is 12.4 Å². The Morgan fingerprint density at radius 2 is 2.14 bits per heavy atom. The number of hydrogen-bond donors (Lipinski definition) is 2. The fourth-order valence-electron chi connectivity index (χ4n) is 1.65. The summed E-state index contributed by atoms with van der Waals surface area (Å²) in [4.78, 5) is 11.9. The number of nitrogens with one attached hydrogen (secondary N) is 1. The van der Waals surface area contributed by atoms with Crippen LogP contribution >= 0.6 is 24.0 Å². The maximum Gasteiger partial charge on any atom is 0.224 e. The Hall–Kier alpha value is -1.01. The van der Waals surface area contributed by atoms with Gasteiger partial charge in [0, 0.05) is 24.1 Å². The molecule has 22 heavy (non-hydrogen) atoms. The van der Waals surface area contributed by atoms with E-state index in [1.165, 1.54) is 0 Å². The Morgan fingerprint density at radius 1 is 1.41 bits per heavy atom. The summed E-state index contributed by atoms with van der Waals surface area (Å²) in [6.07, 6.45) is 0.996. The van der Waals surface area contributed by atoms with Crippen molar-refractivity contribution in [3.8, 4) is 5.75 Å². The van der Waals surface area contributed by atoms with Gasteiger partial charge in [0.05, 0.1) is 12.3 Å². The summed E-state index contributed by atoms with van der Waals surface area (Å²) in [5, 5.41) is 3.34. The lowest BCUT2D eigenvalue weighted by Crippen LogP contribution is -2.19. The van der Waals surface area contributed by atoms with E-state index in [-0.39, 0.29) is 24.4 Å². The molecule has 0 heterocycles. The Morgan fingerprint density at radius 3 is 2.77 bits per heavy atom. The van der Waals surface area contributed by atoms with Crippen molar-refractivity contribution >= 4 is 35.6 Å². The Balaban J connectivity index is 0.00000441. The first-order valence-electron chi connectivity index (χ1n) is 7.08. The molecule has 0 bridgehead atoms. The molecule has 1 atom stereocenters. The monoisotopic (exact) mass is 350 g/mol. The van der Waals surface area contributed by atoms with Gasteiger partial charge in [-0.05, 0) is 38.5 Å². The summed E-state index contributed by atoms with van der Waals surface area (Å²) in [6.45, 7) is 5.35. The number of nitrogens with two attached hydrogens (primary N) is 1. The molecule has 0 spiro atoms. The van der Waals surface area contributed by atoms with Crippen LogP contribution in [0.25, 0.3) is 0 Å². The van der Waals surface area contributed by atoms with Gasteiger partial charge in [-0.15, -0.1) is 12.4 Å². The van der Waals surface area contributed by atoms with E-state index in [2.05, 4.69) is 5.32 Å². The molecular weight excluding hydrogens is 327 g/mol. The molecule has 7 heteroatoms. The van der Waals surface area contributed by atoms with Crippen molar-refractivity contribution in [3.63, 3.8) is 0 Å². The smallest absolute Gasteiger partial charge is 0.224 e. The van der Waals surface area contributed by atoms with Crippen molar-refractivity contribution in [2.45, 2.75) is 32.7 Å². The lowest BCUT2D eigenvalue weighted by molar-refractivity contribution is -0.116. The first kappa shape index (κ1) is 21.0. The van der Waals surface area contributed by atoms with Gasteiger partial charge in [0.25, 0.3) is 0 Å². The minimum atomic E-state index is -0.107. The molecule has 0 aliphatic rings. The molecule has 1 unspecified atom stereocenters. The zero-order valence-corrected chi connectivity index (χ0v) is 14.5. The van der Waals surface area contributed by atoms with Crippen LogP contribution in [-0.2, 0) is 9.53 Å². The van der Waals surface area contributed by atoms with Gasteiger partial charge in [0.2, 0.25) is 5.91 Å². The third-order valence-corrected chi connectivity index (χ3v) is 2.97. The van der Waals surface area contributed by atoms with Crippen molar-refractivity contribution in [1.29, 1.82) is 0 Å². The minimum Gasteiger partial charge on any atom is -0.489 e. The van der Waals surface area contributed by atoms with E-state index >= 15 is 0 Å². The predicted molar refractivity (Wildman–Crippen MR) is 92.2 cm³/mol. The lowest BCUT2D eigenvalue weighted by atomic mass is 10.2. The van der Waals surface area contributed by atoms with Gasteiger partial charge in [0.15, 0.2) is 0 Å². The second kappa shape index (κ2) is 11.5. The van der Waals surface area contributed by atoms with Crippen LogP contribution in [0.4, 0.5) is 5.69 Å². The van der Waals surface area contributed by atoms with Crippen molar-refractivity contribution in [3.05, 3.63) is 23.2 Å². The number of benzene rings is 1. The van der Waals surface area contributed by atoms with Crippen LogP contribution in [0.15, 0.2) is 18.2 Å². The van der Waals surface area contributed by atoms with Gasteiger partial charge in [-0.2, -0.15) is 0 Å². The molecule has 0 saturated heterocycles. The van der Waals surface area contributed by atoms with Crippen molar-refractivity contribution in [1.82, 2.24) is 0 Å². The first-order chi connectivity index (χ1) is 10.0. The molecule has 1 aromatic carbocycles. The lowest BCUT2D eigenvalue weighted by Gasteiger charge is -2.13. The molecule has 0 aromatic heterocycles. The summed E-state index contributed by atoms with van der Waals surface area (Å²) < 4.78 is 10.8. The van der Waals surface area contributed by atoms with E-state index in [0.717, 1.165) is 0 Å². The second-order valence-electron chi connectivity index (χ2n) is 4.75. The maximum absolute atomic E-state index is 11.9. The summed E-state index contributed by atoms with van der Waals surface area (Å²) in [5.41, 5.74) is 6.21. The highest BCUT2D eigenvalue weighted by Crippen LogP contribution is 2.28. The number of amides is 1. The quantitative estimate of drug-likeness (QED) is 0.670. The van der Waals surface area contributed by atoms with Crippen LogP contribution in [-0.4, -0.2) is 31.8 Å². The van der Waals surface area contributed by atoms with Crippen LogP contribution in [0.5, 0.6) is 5.75 Å². The molecule has 1 amide bonds. The number of carbonyl (C=O) groups excluding carboxylic acids is 1. The van der Waals surface area contributed by atoms with E-state index in [9.17, 15) is 4.79 Å². The zero-order valence-electron chi connectivity index (χ0n) is 12.9. The van der Waals surface area contributed by atoms with Crippen LogP contribution in [0.3, 0.4) is 0 Å². The van der Waals surface area contributed by atoms with Gasteiger partial charge >= 0.3 is 0 Å². The van der Waals surface area contributed by atoms with Crippen LogP contribution < -0.4 is 15.8 Å². The SMILES string of the molecule is CCOCCOc1ccc(Cl)cc1NC(=O)CCC(C)N.Cl. The topological polar surface area (TPSA) is 73.6 Å². The van der Waals surface area contributed by atoms with Gasteiger partial charge < -0.3 is 20.5 Å². The molecular formula is C15H24Cl2N2O3. The normalized spacial score (nSPS) is 11.5.